The molecule has 3 nitrogen and oxygen atoms in total. The Kier molecular flexibility index (Phi) is 4.29. The van der Waals surface area contributed by atoms with Gasteiger partial charge in [0.1, 0.15) is 0 Å². The molecule has 0 heterocycles. The van der Waals surface area contributed by atoms with Gasteiger partial charge < -0.3 is 10.6 Å². The maximum absolute atomic E-state index is 11.7. The van der Waals surface area contributed by atoms with Gasteiger partial charge in [0.2, 0.25) is 5.91 Å². The highest BCUT2D eigenvalue weighted by Crippen LogP contribution is 2.16. The van der Waals surface area contributed by atoms with Crippen molar-refractivity contribution in [1.82, 2.24) is 4.90 Å². The van der Waals surface area contributed by atoms with E-state index in [2.05, 4.69) is 32.9 Å². The molecule has 1 rings (SSSR count). The van der Waals surface area contributed by atoms with Gasteiger partial charge in [-0.25, -0.2) is 0 Å². The molecule has 0 bridgehead atoms. The van der Waals surface area contributed by atoms with E-state index in [4.69, 9.17) is 5.73 Å². The van der Waals surface area contributed by atoms with E-state index in [0.717, 1.165) is 0 Å². The molecule has 3 heteroatoms. The summed E-state index contributed by atoms with van der Waals surface area (Å²) in [5, 5.41) is 0. The van der Waals surface area contributed by atoms with Gasteiger partial charge in [0.15, 0.2) is 0 Å². The van der Waals surface area contributed by atoms with E-state index in [0.29, 0.717) is 6.54 Å². The van der Waals surface area contributed by atoms with Crippen molar-refractivity contribution in [2.24, 2.45) is 5.73 Å². The molecule has 0 spiro atoms. The summed E-state index contributed by atoms with van der Waals surface area (Å²) in [4.78, 5) is 13.4. The van der Waals surface area contributed by atoms with Crippen LogP contribution in [0.15, 0.2) is 12.1 Å². The third-order valence-electron chi connectivity index (χ3n) is 3.13. The summed E-state index contributed by atoms with van der Waals surface area (Å²) in [6.45, 7) is 8.60. The predicted octanol–water partition coefficient (Wildman–Crippen LogP) is 1.92. The minimum Gasteiger partial charge on any atom is -0.340 e. The number of likely N-dealkylation sites (N-methyl/N-ethyl adjacent to an activating group) is 1. The van der Waals surface area contributed by atoms with Crippen molar-refractivity contribution >= 4 is 5.91 Å². The summed E-state index contributed by atoms with van der Waals surface area (Å²) >= 11 is 0. The number of carbonyl (C=O) groups is 1. The van der Waals surface area contributed by atoms with Crippen molar-refractivity contribution in [3.63, 3.8) is 0 Å². The number of hydrogen-bond acceptors (Lipinski definition) is 2. The molecule has 1 aromatic carbocycles. The molecule has 17 heavy (non-hydrogen) atoms. The average Bonchev–Trinajstić information content (AvgIpc) is 2.24. The number of amides is 1. The summed E-state index contributed by atoms with van der Waals surface area (Å²) in [5.74, 6) is -0.0253. The molecule has 0 aliphatic carbocycles. The lowest BCUT2D eigenvalue weighted by molar-refractivity contribution is -0.131. The first-order chi connectivity index (χ1) is 7.82. The zero-order chi connectivity index (χ0) is 13.2. The van der Waals surface area contributed by atoms with Crippen LogP contribution in [0.2, 0.25) is 0 Å². The Bertz CT molecular complexity index is 424. The number of carbonyl (C=O) groups excluding carboxylic acids is 1. The molecule has 1 aromatic rings. The van der Waals surface area contributed by atoms with Crippen LogP contribution in [-0.2, 0) is 11.3 Å². The van der Waals surface area contributed by atoms with E-state index in [1.54, 1.807) is 18.9 Å². The summed E-state index contributed by atoms with van der Waals surface area (Å²) in [6.07, 6.45) is 0. The van der Waals surface area contributed by atoms with Crippen molar-refractivity contribution in [1.29, 1.82) is 0 Å². The summed E-state index contributed by atoms with van der Waals surface area (Å²) < 4.78 is 0. The number of nitrogens with zero attached hydrogens (tertiary/aromatic N) is 1. The molecule has 0 saturated carbocycles. The van der Waals surface area contributed by atoms with E-state index in [-0.39, 0.29) is 5.91 Å². The number of aryl methyl sites for hydroxylation is 3. The standard InChI is InChI=1S/C14H22N2O/c1-9-6-11(3)13(7-10(9)2)8-16(5)14(17)12(4)15/h6-7,12H,8,15H2,1-5H3. The zero-order valence-corrected chi connectivity index (χ0v) is 11.4. The molecule has 0 aliphatic heterocycles. The maximum Gasteiger partial charge on any atom is 0.239 e. The molecule has 2 N–H and O–H groups in total. The third kappa shape index (κ3) is 3.30. The van der Waals surface area contributed by atoms with Gasteiger partial charge in [-0.15, -0.1) is 0 Å². The largest absolute Gasteiger partial charge is 0.340 e. The van der Waals surface area contributed by atoms with Crippen LogP contribution >= 0.6 is 0 Å². The fourth-order valence-corrected chi connectivity index (χ4v) is 1.87. The summed E-state index contributed by atoms with van der Waals surface area (Å²) in [6, 6.07) is 3.87. The number of benzene rings is 1. The normalized spacial score (nSPS) is 12.4. The Balaban J connectivity index is 2.89. The zero-order valence-electron chi connectivity index (χ0n) is 11.4. The van der Waals surface area contributed by atoms with Crippen LogP contribution in [0.25, 0.3) is 0 Å². The Labute approximate surface area is 104 Å². The van der Waals surface area contributed by atoms with Crippen molar-refractivity contribution in [2.45, 2.75) is 40.3 Å². The van der Waals surface area contributed by atoms with Crippen LogP contribution in [0.1, 0.15) is 29.2 Å². The van der Waals surface area contributed by atoms with Crippen molar-refractivity contribution in [3.8, 4) is 0 Å². The monoisotopic (exact) mass is 234 g/mol. The Morgan fingerprint density at radius 3 is 2.29 bits per heavy atom. The van der Waals surface area contributed by atoms with Crippen LogP contribution in [0.5, 0.6) is 0 Å². The molecular weight excluding hydrogens is 212 g/mol. The van der Waals surface area contributed by atoms with Gasteiger partial charge in [0.25, 0.3) is 0 Å². The fourth-order valence-electron chi connectivity index (χ4n) is 1.87. The highest BCUT2D eigenvalue weighted by atomic mass is 16.2. The second kappa shape index (κ2) is 5.32. The first-order valence-electron chi connectivity index (χ1n) is 5.90. The second-order valence-electron chi connectivity index (χ2n) is 4.85. The molecule has 0 aromatic heterocycles. The second-order valence-corrected chi connectivity index (χ2v) is 4.85. The molecule has 0 radical (unpaired) electrons. The minimum absolute atomic E-state index is 0.0253. The number of hydrogen-bond donors (Lipinski definition) is 1. The summed E-state index contributed by atoms with van der Waals surface area (Å²) in [7, 11) is 1.79. The van der Waals surface area contributed by atoms with E-state index in [9.17, 15) is 4.79 Å². The molecule has 1 amide bonds. The molecule has 0 fully saturated rings. The summed E-state index contributed by atoms with van der Waals surface area (Å²) in [5.41, 5.74) is 10.5. The fraction of sp³-hybridized carbons (Fsp3) is 0.500. The van der Waals surface area contributed by atoms with Crippen molar-refractivity contribution in [2.75, 3.05) is 7.05 Å². The molecular formula is C14H22N2O. The predicted molar refractivity (Wildman–Crippen MR) is 70.8 cm³/mol. The molecule has 0 aliphatic rings. The van der Waals surface area contributed by atoms with Gasteiger partial charge in [-0.3, -0.25) is 4.79 Å². The third-order valence-corrected chi connectivity index (χ3v) is 3.13. The topological polar surface area (TPSA) is 46.3 Å². The lowest BCUT2D eigenvalue weighted by atomic mass is 10.0. The lowest BCUT2D eigenvalue weighted by Gasteiger charge is -2.21. The first kappa shape index (κ1) is 13.7. The lowest BCUT2D eigenvalue weighted by Crippen LogP contribution is -2.39. The van der Waals surface area contributed by atoms with Crippen molar-refractivity contribution < 1.29 is 4.79 Å². The first-order valence-corrected chi connectivity index (χ1v) is 5.90. The molecule has 0 saturated heterocycles. The van der Waals surface area contributed by atoms with Gasteiger partial charge in [-0.2, -0.15) is 0 Å². The van der Waals surface area contributed by atoms with Crippen LogP contribution in [0.4, 0.5) is 0 Å². The number of nitrogens with two attached hydrogens (primary N) is 1. The van der Waals surface area contributed by atoms with Crippen molar-refractivity contribution in [3.05, 3.63) is 34.4 Å². The molecule has 94 valence electrons. The number of rotatable bonds is 3. The van der Waals surface area contributed by atoms with E-state index in [1.165, 1.54) is 22.3 Å². The quantitative estimate of drug-likeness (QED) is 0.868. The minimum atomic E-state index is -0.438. The highest BCUT2D eigenvalue weighted by Gasteiger charge is 2.14. The van der Waals surface area contributed by atoms with E-state index >= 15 is 0 Å². The molecule has 1 unspecified atom stereocenters. The Morgan fingerprint density at radius 2 is 1.76 bits per heavy atom. The highest BCUT2D eigenvalue weighted by molar-refractivity contribution is 5.80. The Morgan fingerprint density at radius 1 is 1.24 bits per heavy atom. The van der Waals surface area contributed by atoms with Crippen LogP contribution < -0.4 is 5.73 Å². The van der Waals surface area contributed by atoms with Gasteiger partial charge in [-0.05, 0) is 49.9 Å². The van der Waals surface area contributed by atoms with Crippen LogP contribution in [0, 0.1) is 20.8 Å². The van der Waals surface area contributed by atoms with Gasteiger partial charge in [0.05, 0.1) is 6.04 Å². The maximum atomic E-state index is 11.7. The van der Waals surface area contributed by atoms with Crippen LogP contribution in [0.3, 0.4) is 0 Å². The SMILES string of the molecule is Cc1cc(C)c(CN(C)C(=O)C(C)N)cc1C. The van der Waals surface area contributed by atoms with Gasteiger partial charge >= 0.3 is 0 Å². The van der Waals surface area contributed by atoms with E-state index < -0.39 is 6.04 Å². The van der Waals surface area contributed by atoms with Crippen LogP contribution in [-0.4, -0.2) is 23.9 Å². The van der Waals surface area contributed by atoms with Gasteiger partial charge in [0, 0.05) is 13.6 Å². The molecule has 1 atom stereocenters. The smallest absolute Gasteiger partial charge is 0.239 e. The van der Waals surface area contributed by atoms with Gasteiger partial charge in [-0.1, -0.05) is 12.1 Å². The van der Waals surface area contributed by atoms with E-state index in [1.807, 2.05) is 0 Å². The Hall–Kier alpha value is -1.35. The average molecular weight is 234 g/mol.